The first-order chi connectivity index (χ1) is 18.8. The van der Waals surface area contributed by atoms with Crippen molar-refractivity contribution in [2.45, 2.75) is 31.6 Å². The first-order valence-corrected chi connectivity index (χ1v) is 13.3. The molecule has 0 amide bonds. The number of rotatable bonds is 5. The molecule has 12 heteroatoms. The molecule has 39 heavy (non-hydrogen) atoms. The highest BCUT2D eigenvalue weighted by atomic mass is 19.3. The fourth-order valence-corrected chi connectivity index (χ4v) is 6.48. The number of nitro groups is 1. The fraction of sp³-hybridized carbons (Fsp3) is 0.444. The number of aromatic nitrogens is 4. The van der Waals surface area contributed by atoms with E-state index in [9.17, 15) is 18.9 Å². The van der Waals surface area contributed by atoms with Crippen molar-refractivity contribution in [3.8, 4) is 22.9 Å². The van der Waals surface area contributed by atoms with Crippen molar-refractivity contribution < 1.29 is 18.1 Å². The molecule has 2 aliphatic carbocycles. The molecule has 4 aromatic rings. The first kappa shape index (κ1) is 22.9. The highest BCUT2D eigenvalue weighted by molar-refractivity contribution is 5.77. The van der Waals surface area contributed by atoms with Gasteiger partial charge < -0.3 is 14.2 Å². The molecule has 2 aliphatic heterocycles. The normalized spacial score (nSPS) is 24.4. The lowest BCUT2D eigenvalue weighted by atomic mass is 9.93. The summed E-state index contributed by atoms with van der Waals surface area (Å²) in [6, 6.07) is 10.3. The number of anilines is 2. The lowest BCUT2D eigenvalue weighted by molar-refractivity contribution is -0.384. The Balaban J connectivity index is 1.14. The summed E-state index contributed by atoms with van der Waals surface area (Å²) in [6.45, 7) is 2.20. The predicted octanol–water partition coefficient (Wildman–Crippen LogP) is 5.04. The van der Waals surface area contributed by atoms with E-state index in [0.29, 0.717) is 22.4 Å². The first-order valence-electron chi connectivity index (χ1n) is 13.3. The number of piperidine rings is 2. The van der Waals surface area contributed by atoms with Crippen LogP contribution in [0.1, 0.15) is 25.7 Å². The van der Waals surface area contributed by atoms with E-state index in [2.05, 4.69) is 20.2 Å². The van der Waals surface area contributed by atoms with Gasteiger partial charge in [-0.1, -0.05) is 0 Å². The molecule has 2 saturated heterocycles. The number of nitro benzene ring substituents is 1. The Labute approximate surface area is 221 Å². The molecule has 0 radical (unpaired) electrons. The Morgan fingerprint density at radius 3 is 2.41 bits per heavy atom. The number of nitrogens with zero attached hydrogens (tertiary/aromatic N) is 7. The van der Waals surface area contributed by atoms with Gasteiger partial charge in [0.2, 0.25) is 11.8 Å². The van der Waals surface area contributed by atoms with Crippen LogP contribution < -0.4 is 9.80 Å². The molecule has 2 atom stereocenters. The number of non-ortho nitro benzene ring substituents is 1. The second-order valence-electron chi connectivity index (χ2n) is 11.4. The molecular weight excluding hydrogens is 508 g/mol. The molecule has 200 valence electrons. The lowest BCUT2D eigenvalue weighted by Crippen LogP contribution is -2.34. The van der Waals surface area contributed by atoms with Crippen molar-refractivity contribution in [1.82, 2.24) is 19.8 Å². The third-order valence-electron chi connectivity index (χ3n) is 9.22. The second-order valence-corrected chi connectivity index (χ2v) is 11.4. The zero-order valence-electron chi connectivity index (χ0n) is 21.0. The summed E-state index contributed by atoms with van der Waals surface area (Å²) in [5, 5.41) is 24.6. The van der Waals surface area contributed by atoms with Crippen LogP contribution >= 0.6 is 0 Å². The molecule has 4 aliphatic rings. The van der Waals surface area contributed by atoms with Gasteiger partial charge in [0.15, 0.2) is 0 Å². The summed E-state index contributed by atoms with van der Waals surface area (Å²) < 4.78 is 35.6. The molecule has 2 saturated carbocycles. The Bertz CT molecular complexity index is 1620. The number of halogens is 2. The molecule has 5 heterocycles. The van der Waals surface area contributed by atoms with Gasteiger partial charge in [-0.2, -0.15) is 5.10 Å². The van der Waals surface area contributed by atoms with Crippen molar-refractivity contribution in [2.75, 3.05) is 36.0 Å². The third kappa shape index (κ3) is 3.53. The quantitative estimate of drug-likeness (QED) is 0.260. The SMILES string of the molecule is O=[N+]([O-])c1ccc(-c2nnc(-c3cc(N4CC5C(C4)C5(F)F)n4nccc4c3)o2)c(N2CCC3(CC2)CC3)c1. The summed E-state index contributed by atoms with van der Waals surface area (Å²) in [5.74, 6) is -2.55. The van der Waals surface area contributed by atoms with Gasteiger partial charge in [0, 0.05) is 43.9 Å². The molecule has 0 N–H and O–H groups in total. The van der Waals surface area contributed by atoms with Crippen LogP contribution in [0.3, 0.4) is 0 Å². The van der Waals surface area contributed by atoms with Gasteiger partial charge in [0.1, 0.15) is 5.82 Å². The average molecular weight is 534 g/mol. The Kier molecular flexibility index (Phi) is 4.53. The number of alkyl halides is 2. The van der Waals surface area contributed by atoms with E-state index >= 15 is 0 Å². The van der Waals surface area contributed by atoms with Gasteiger partial charge in [0.25, 0.3) is 11.6 Å². The highest BCUT2D eigenvalue weighted by Crippen LogP contribution is 2.59. The number of hydrogen-bond donors (Lipinski definition) is 0. The van der Waals surface area contributed by atoms with Crippen molar-refractivity contribution in [3.05, 3.63) is 52.7 Å². The summed E-state index contributed by atoms with van der Waals surface area (Å²) >= 11 is 0. The topological polar surface area (TPSA) is 106 Å². The van der Waals surface area contributed by atoms with Gasteiger partial charge in [-0.05, 0) is 55.4 Å². The van der Waals surface area contributed by atoms with Crippen LogP contribution in [0.25, 0.3) is 28.4 Å². The number of fused-ring (bicyclic) bond motifs is 2. The van der Waals surface area contributed by atoms with Crippen LogP contribution in [0.4, 0.5) is 26.0 Å². The van der Waals surface area contributed by atoms with E-state index < -0.39 is 17.8 Å². The fourth-order valence-electron chi connectivity index (χ4n) is 6.48. The largest absolute Gasteiger partial charge is 0.416 e. The van der Waals surface area contributed by atoms with Crippen LogP contribution in [0.15, 0.2) is 47.0 Å². The smallest absolute Gasteiger partial charge is 0.271 e. The van der Waals surface area contributed by atoms with Crippen LogP contribution in [0.2, 0.25) is 0 Å². The molecule has 1 spiro atoms. The predicted molar refractivity (Wildman–Crippen MR) is 138 cm³/mol. The molecule has 0 bridgehead atoms. The van der Waals surface area contributed by atoms with Crippen LogP contribution in [-0.2, 0) is 0 Å². The molecule has 8 rings (SSSR count). The molecule has 1 aromatic carbocycles. The van der Waals surface area contributed by atoms with Crippen molar-refractivity contribution >= 4 is 22.7 Å². The average Bonchev–Trinajstić information content (AvgIpc) is 3.46. The van der Waals surface area contributed by atoms with Gasteiger partial charge in [-0.3, -0.25) is 10.1 Å². The highest BCUT2D eigenvalue weighted by Gasteiger charge is 2.71. The minimum absolute atomic E-state index is 0.0188. The van der Waals surface area contributed by atoms with Gasteiger partial charge >= 0.3 is 0 Å². The third-order valence-corrected chi connectivity index (χ3v) is 9.22. The van der Waals surface area contributed by atoms with E-state index in [4.69, 9.17) is 4.42 Å². The monoisotopic (exact) mass is 533 g/mol. The Morgan fingerprint density at radius 2 is 1.69 bits per heavy atom. The van der Waals surface area contributed by atoms with Gasteiger partial charge in [0.05, 0.1) is 39.7 Å². The van der Waals surface area contributed by atoms with E-state index in [1.807, 2.05) is 23.1 Å². The molecule has 2 unspecified atom stereocenters. The van der Waals surface area contributed by atoms with Crippen molar-refractivity contribution in [3.63, 3.8) is 0 Å². The van der Waals surface area contributed by atoms with E-state index in [1.54, 1.807) is 22.8 Å². The molecule has 4 fully saturated rings. The lowest BCUT2D eigenvalue weighted by Gasteiger charge is -2.34. The zero-order valence-corrected chi connectivity index (χ0v) is 21.0. The summed E-state index contributed by atoms with van der Waals surface area (Å²) in [6.07, 6.45) is 6.34. The Morgan fingerprint density at radius 1 is 0.949 bits per heavy atom. The van der Waals surface area contributed by atoms with Crippen LogP contribution in [0, 0.1) is 27.4 Å². The molecule has 10 nitrogen and oxygen atoms in total. The van der Waals surface area contributed by atoms with Crippen LogP contribution in [-0.4, -0.2) is 56.8 Å². The minimum Gasteiger partial charge on any atom is -0.416 e. The maximum Gasteiger partial charge on any atom is 0.271 e. The van der Waals surface area contributed by atoms with Crippen molar-refractivity contribution in [2.24, 2.45) is 17.3 Å². The van der Waals surface area contributed by atoms with E-state index in [1.165, 1.54) is 18.9 Å². The summed E-state index contributed by atoms with van der Waals surface area (Å²) in [7, 11) is 0. The molecular formula is C27H25F2N7O3. The maximum atomic E-state index is 13.8. The second kappa shape index (κ2) is 7.73. The van der Waals surface area contributed by atoms with Gasteiger partial charge in [-0.25, -0.2) is 13.3 Å². The van der Waals surface area contributed by atoms with Crippen molar-refractivity contribution in [1.29, 1.82) is 0 Å². The number of pyridine rings is 1. The standard InChI is InChI=1S/C27H25F2N7O3/c28-27(29)20-14-34(15-21(20)27)23-12-16(11-17-3-8-30-35(17)23)24-31-32-25(39-24)19-2-1-18(36(37)38)13-22(19)33-9-6-26(4-5-26)7-10-33/h1-3,8,11-13,20-21H,4-7,9-10,14-15H2. The number of benzene rings is 1. The molecule has 3 aromatic heterocycles. The Hall–Kier alpha value is -4.09. The minimum atomic E-state index is -2.57. The number of hydrogen-bond acceptors (Lipinski definition) is 8. The summed E-state index contributed by atoms with van der Waals surface area (Å²) in [5.41, 5.74) is 3.29. The van der Waals surface area contributed by atoms with Gasteiger partial charge in [-0.15, -0.1) is 10.2 Å². The van der Waals surface area contributed by atoms with E-state index in [0.717, 1.165) is 37.1 Å². The van der Waals surface area contributed by atoms with E-state index in [-0.39, 0.29) is 35.5 Å². The maximum absolute atomic E-state index is 13.8. The summed E-state index contributed by atoms with van der Waals surface area (Å²) in [4.78, 5) is 15.3. The zero-order chi connectivity index (χ0) is 26.5. The van der Waals surface area contributed by atoms with Crippen LogP contribution in [0.5, 0.6) is 0 Å².